The molecular weight excluding hydrogens is 266 g/mol. The fraction of sp³-hybridized carbons (Fsp3) is 0.562. The molecular formula is C16H27N3S. The average Bonchev–Trinajstić information content (AvgIpc) is 2.48. The molecule has 1 aromatic rings. The van der Waals surface area contributed by atoms with E-state index in [4.69, 9.17) is 18.0 Å². The molecule has 0 saturated carbocycles. The van der Waals surface area contributed by atoms with Gasteiger partial charge in [-0.05, 0) is 57.2 Å². The highest BCUT2D eigenvalue weighted by molar-refractivity contribution is 7.80. The highest BCUT2D eigenvalue weighted by Crippen LogP contribution is 2.15. The number of thiocarbonyl (C=S) groups is 1. The van der Waals surface area contributed by atoms with Gasteiger partial charge in [0.05, 0.1) is 0 Å². The lowest BCUT2D eigenvalue weighted by Gasteiger charge is -2.25. The number of nitrogens with two attached hydrogens (primary N) is 1. The smallest absolute Gasteiger partial charge is 0.103 e. The van der Waals surface area contributed by atoms with Crippen molar-refractivity contribution in [2.75, 3.05) is 37.6 Å². The Balaban J connectivity index is 2.55. The van der Waals surface area contributed by atoms with Crippen molar-refractivity contribution in [3.8, 4) is 0 Å². The Labute approximate surface area is 128 Å². The van der Waals surface area contributed by atoms with Crippen LogP contribution in [0.1, 0.15) is 32.8 Å². The Morgan fingerprint density at radius 1 is 1.00 bits per heavy atom. The predicted molar refractivity (Wildman–Crippen MR) is 92.6 cm³/mol. The molecule has 0 unspecified atom stereocenters. The van der Waals surface area contributed by atoms with E-state index in [9.17, 15) is 0 Å². The molecule has 3 nitrogen and oxygen atoms in total. The van der Waals surface area contributed by atoms with E-state index in [1.54, 1.807) is 0 Å². The van der Waals surface area contributed by atoms with Crippen molar-refractivity contribution in [1.82, 2.24) is 4.90 Å². The molecule has 0 radical (unpaired) electrons. The van der Waals surface area contributed by atoms with Gasteiger partial charge < -0.3 is 15.5 Å². The van der Waals surface area contributed by atoms with E-state index in [-0.39, 0.29) is 0 Å². The molecule has 0 aliphatic rings. The van der Waals surface area contributed by atoms with Crippen LogP contribution in [0.4, 0.5) is 5.69 Å². The van der Waals surface area contributed by atoms with E-state index >= 15 is 0 Å². The first-order valence-electron chi connectivity index (χ1n) is 7.49. The molecule has 0 aliphatic carbocycles. The summed E-state index contributed by atoms with van der Waals surface area (Å²) >= 11 is 4.98. The van der Waals surface area contributed by atoms with E-state index < -0.39 is 0 Å². The molecule has 0 saturated heterocycles. The van der Waals surface area contributed by atoms with Crippen LogP contribution >= 0.6 is 12.2 Å². The first-order chi connectivity index (χ1) is 9.62. The molecule has 1 rings (SSSR count). The van der Waals surface area contributed by atoms with Gasteiger partial charge in [0, 0.05) is 24.3 Å². The second-order valence-corrected chi connectivity index (χ2v) is 5.31. The van der Waals surface area contributed by atoms with E-state index in [1.165, 1.54) is 12.1 Å². The normalized spacial score (nSPS) is 10.8. The largest absolute Gasteiger partial charge is 0.389 e. The topological polar surface area (TPSA) is 32.5 Å². The highest BCUT2D eigenvalue weighted by atomic mass is 32.1. The van der Waals surface area contributed by atoms with Crippen LogP contribution in [-0.4, -0.2) is 42.6 Å². The third-order valence-electron chi connectivity index (χ3n) is 3.70. The second-order valence-electron chi connectivity index (χ2n) is 4.87. The standard InChI is InChI=1S/C16H27N3S/c1-4-18(5-2)12-7-13-19(6-3)15-10-8-14(9-11-15)16(17)20/h8-11H,4-7,12-13H2,1-3H3,(H2,17,20). The molecule has 0 aromatic heterocycles. The van der Waals surface area contributed by atoms with Gasteiger partial charge in [0.2, 0.25) is 0 Å². The number of anilines is 1. The van der Waals surface area contributed by atoms with Crippen LogP contribution in [0.25, 0.3) is 0 Å². The lowest BCUT2D eigenvalue weighted by atomic mass is 10.2. The summed E-state index contributed by atoms with van der Waals surface area (Å²) in [5, 5.41) is 0. The quantitative estimate of drug-likeness (QED) is 0.710. The van der Waals surface area contributed by atoms with Crippen LogP contribution in [-0.2, 0) is 0 Å². The Morgan fingerprint density at radius 3 is 2.05 bits per heavy atom. The van der Waals surface area contributed by atoms with E-state index in [1.807, 2.05) is 12.1 Å². The zero-order valence-electron chi connectivity index (χ0n) is 12.9. The molecule has 0 heterocycles. The Hall–Kier alpha value is -1.13. The summed E-state index contributed by atoms with van der Waals surface area (Å²) < 4.78 is 0. The fourth-order valence-corrected chi connectivity index (χ4v) is 2.47. The number of nitrogens with zero attached hydrogens (tertiary/aromatic N) is 2. The third kappa shape index (κ3) is 5.10. The Bertz CT molecular complexity index is 399. The summed E-state index contributed by atoms with van der Waals surface area (Å²) in [6, 6.07) is 8.22. The van der Waals surface area contributed by atoms with Crippen LogP contribution < -0.4 is 10.6 Å². The molecule has 112 valence electrons. The minimum Gasteiger partial charge on any atom is -0.389 e. The third-order valence-corrected chi connectivity index (χ3v) is 3.93. The SMILES string of the molecule is CCN(CC)CCCN(CC)c1ccc(C(N)=S)cc1. The van der Waals surface area contributed by atoms with E-state index in [0.29, 0.717) is 4.99 Å². The summed E-state index contributed by atoms with van der Waals surface area (Å²) in [7, 11) is 0. The van der Waals surface area contributed by atoms with Crippen molar-refractivity contribution in [2.24, 2.45) is 5.73 Å². The first-order valence-corrected chi connectivity index (χ1v) is 7.90. The van der Waals surface area contributed by atoms with Crippen LogP contribution in [0.5, 0.6) is 0 Å². The molecule has 0 amide bonds. The van der Waals surface area contributed by atoms with Crippen molar-refractivity contribution >= 4 is 22.9 Å². The molecule has 0 bridgehead atoms. The highest BCUT2D eigenvalue weighted by Gasteiger charge is 2.06. The molecule has 20 heavy (non-hydrogen) atoms. The molecule has 2 N–H and O–H groups in total. The lowest BCUT2D eigenvalue weighted by molar-refractivity contribution is 0.301. The Morgan fingerprint density at radius 2 is 1.60 bits per heavy atom. The minimum absolute atomic E-state index is 0.459. The fourth-order valence-electron chi connectivity index (χ4n) is 2.33. The molecule has 0 aliphatic heterocycles. The monoisotopic (exact) mass is 293 g/mol. The molecule has 0 fully saturated rings. The molecule has 1 aromatic carbocycles. The summed E-state index contributed by atoms with van der Waals surface area (Å²) in [5.74, 6) is 0. The molecule has 4 heteroatoms. The first kappa shape index (κ1) is 16.9. The van der Waals surface area contributed by atoms with Gasteiger partial charge >= 0.3 is 0 Å². The number of rotatable bonds is 9. The van der Waals surface area contributed by atoms with Gasteiger partial charge in [-0.3, -0.25) is 0 Å². The average molecular weight is 293 g/mol. The van der Waals surface area contributed by atoms with Crippen LogP contribution in [0, 0.1) is 0 Å². The maximum atomic E-state index is 5.63. The zero-order valence-corrected chi connectivity index (χ0v) is 13.7. The number of hydrogen-bond donors (Lipinski definition) is 1. The summed E-state index contributed by atoms with van der Waals surface area (Å²) in [5.41, 5.74) is 7.80. The number of hydrogen-bond acceptors (Lipinski definition) is 3. The molecule has 0 spiro atoms. The van der Waals surface area contributed by atoms with Gasteiger partial charge in [0.25, 0.3) is 0 Å². The Kier molecular flexibility index (Phi) is 7.55. The zero-order chi connectivity index (χ0) is 15.0. The van der Waals surface area contributed by atoms with E-state index in [2.05, 4.69) is 42.7 Å². The van der Waals surface area contributed by atoms with Gasteiger partial charge in [-0.1, -0.05) is 26.1 Å². The van der Waals surface area contributed by atoms with Crippen molar-refractivity contribution in [1.29, 1.82) is 0 Å². The van der Waals surface area contributed by atoms with Gasteiger partial charge in [0.1, 0.15) is 4.99 Å². The van der Waals surface area contributed by atoms with Crippen LogP contribution in [0.3, 0.4) is 0 Å². The van der Waals surface area contributed by atoms with Crippen molar-refractivity contribution in [3.05, 3.63) is 29.8 Å². The van der Waals surface area contributed by atoms with Crippen LogP contribution in [0.2, 0.25) is 0 Å². The van der Waals surface area contributed by atoms with Crippen molar-refractivity contribution in [3.63, 3.8) is 0 Å². The van der Waals surface area contributed by atoms with E-state index in [0.717, 1.165) is 38.3 Å². The van der Waals surface area contributed by atoms with Crippen LogP contribution in [0.15, 0.2) is 24.3 Å². The van der Waals surface area contributed by atoms with Gasteiger partial charge in [-0.15, -0.1) is 0 Å². The minimum atomic E-state index is 0.459. The predicted octanol–water partition coefficient (Wildman–Crippen LogP) is 2.88. The summed E-state index contributed by atoms with van der Waals surface area (Å²) in [6.45, 7) is 12.2. The summed E-state index contributed by atoms with van der Waals surface area (Å²) in [4.78, 5) is 5.32. The van der Waals surface area contributed by atoms with Gasteiger partial charge in [0.15, 0.2) is 0 Å². The lowest BCUT2D eigenvalue weighted by Crippen LogP contribution is -2.30. The second kappa shape index (κ2) is 8.93. The van der Waals surface area contributed by atoms with Crippen molar-refractivity contribution < 1.29 is 0 Å². The van der Waals surface area contributed by atoms with Gasteiger partial charge in [-0.2, -0.15) is 0 Å². The maximum Gasteiger partial charge on any atom is 0.103 e. The van der Waals surface area contributed by atoms with Crippen molar-refractivity contribution in [2.45, 2.75) is 27.2 Å². The summed E-state index contributed by atoms with van der Waals surface area (Å²) in [6.07, 6.45) is 1.19. The maximum absolute atomic E-state index is 5.63. The molecule has 0 atom stereocenters. The van der Waals surface area contributed by atoms with Gasteiger partial charge in [-0.25, -0.2) is 0 Å². The number of benzene rings is 1.